The van der Waals surface area contributed by atoms with Gasteiger partial charge in [-0.2, -0.15) is 0 Å². The summed E-state index contributed by atoms with van der Waals surface area (Å²) in [7, 11) is 0. The van der Waals surface area contributed by atoms with Gasteiger partial charge in [0.1, 0.15) is 12.4 Å². The molecule has 5 atom stereocenters. The molecule has 0 aromatic heterocycles. The smallest absolute Gasteiger partial charge is 0.168 e. The van der Waals surface area contributed by atoms with Crippen molar-refractivity contribution in [3.05, 3.63) is 24.0 Å². The van der Waals surface area contributed by atoms with Crippen LogP contribution in [0.1, 0.15) is 59.8 Å². The largest absolute Gasteiger partial charge is 0.511 e. The number of nitrogens with zero attached hydrogens (tertiary/aromatic N) is 1. The maximum absolute atomic E-state index is 12.8. The van der Waals surface area contributed by atoms with Gasteiger partial charge in [-0.25, -0.2) is 0 Å². The minimum absolute atomic E-state index is 0.0206. The first kappa shape index (κ1) is 19.2. The molecule has 1 N–H and O–H groups in total. The molecule has 0 radical (unpaired) electrons. The van der Waals surface area contributed by atoms with E-state index in [0.717, 1.165) is 11.8 Å². The van der Waals surface area contributed by atoms with Crippen LogP contribution in [0.15, 0.2) is 29.1 Å². The molecule has 3 saturated carbocycles. The van der Waals surface area contributed by atoms with Gasteiger partial charge in [-0.05, 0) is 54.3 Å². The van der Waals surface area contributed by atoms with E-state index in [2.05, 4.69) is 32.5 Å². The molecule has 0 aromatic rings. The third-order valence-corrected chi connectivity index (χ3v) is 7.48. The third-order valence-electron chi connectivity index (χ3n) is 7.48. The van der Waals surface area contributed by atoms with Crippen molar-refractivity contribution in [3.63, 3.8) is 0 Å². The molecule has 3 fully saturated rings. The van der Waals surface area contributed by atoms with Crippen molar-refractivity contribution >= 4 is 11.5 Å². The summed E-state index contributed by atoms with van der Waals surface area (Å²) >= 11 is 0. The second kappa shape index (κ2) is 7.21. The van der Waals surface area contributed by atoms with Crippen molar-refractivity contribution in [3.8, 4) is 0 Å². The number of rotatable bonds is 6. The Morgan fingerprint density at radius 3 is 2.65 bits per heavy atom. The lowest BCUT2D eigenvalue weighted by Gasteiger charge is -2.63. The van der Waals surface area contributed by atoms with E-state index in [1.165, 1.54) is 12.8 Å². The Labute approximate surface area is 157 Å². The number of carbonyl (C=O) groups excluding carboxylic acids is 1. The summed E-state index contributed by atoms with van der Waals surface area (Å²) < 4.78 is 0. The fourth-order valence-corrected chi connectivity index (χ4v) is 5.82. The van der Waals surface area contributed by atoms with Crippen molar-refractivity contribution in [2.45, 2.75) is 59.8 Å². The van der Waals surface area contributed by atoms with Gasteiger partial charge in [0.05, 0.1) is 11.3 Å². The van der Waals surface area contributed by atoms with Gasteiger partial charge in [-0.3, -0.25) is 4.79 Å². The third kappa shape index (κ3) is 3.12. The van der Waals surface area contributed by atoms with Crippen molar-refractivity contribution in [1.29, 1.82) is 0 Å². The van der Waals surface area contributed by atoms with Crippen molar-refractivity contribution in [1.82, 2.24) is 0 Å². The summed E-state index contributed by atoms with van der Waals surface area (Å²) in [5.74, 6) is 3.18. The molecule has 4 aliphatic carbocycles. The first-order chi connectivity index (χ1) is 12.3. The van der Waals surface area contributed by atoms with Gasteiger partial charge in [0.2, 0.25) is 0 Å². The van der Waals surface area contributed by atoms with Gasteiger partial charge in [-0.15, -0.1) is 0 Å². The Hall–Kier alpha value is -1.58. The van der Waals surface area contributed by atoms with Gasteiger partial charge < -0.3 is 9.94 Å². The summed E-state index contributed by atoms with van der Waals surface area (Å²) in [6, 6.07) is 0. The Morgan fingerprint density at radius 2 is 2.12 bits per heavy atom. The van der Waals surface area contributed by atoms with Gasteiger partial charge in [0, 0.05) is 12.8 Å². The van der Waals surface area contributed by atoms with Gasteiger partial charge >= 0.3 is 0 Å². The standard InChI is InChI=1S/C22H33NO3/c1-6-8-26-23-18(7-2)21-19(24)9-14(10-20(21)25)16-11-15-12-17(13(16)3)22(15,4)5/h6,13-17,24H,1,7-12H2,2-5H3/b23-18-. The minimum Gasteiger partial charge on any atom is -0.511 e. The zero-order chi connectivity index (χ0) is 19.1. The van der Waals surface area contributed by atoms with Crippen LogP contribution in [0.4, 0.5) is 0 Å². The Bertz CT molecular complexity index is 646. The minimum atomic E-state index is 0.0206. The highest BCUT2D eigenvalue weighted by atomic mass is 16.6. The molecule has 4 nitrogen and oxygen atoms in total. The molecular formula is C22H33NO3. The molecule has 4 heteroatoms. The summed E-state index contributed by atoms with van der Waals surface area (Å²) in [6.07, 6.45) is 5.82. The van der Waals surface area contributed by atoms with Crippen LogP contribution in [0.5, 0.6) is 0 Å². The van der Waals surface area contributed by atoms with Crippen molar-refractivity contribution in [2.75, 3.05) is 6.61 Å². The number of Topliss-reactive ketones (excluding diaryl/α,β-unsaturated/α-hetero) is 1. The van der Waals surface area contributed by atoms with E-state index in [1.54, 1.807) is 6.08 Å². The molecule has 144 valence electrons. The van der Waals surface area contributed by atoms with Crippen LogP contribution in [-0.4, -0.2) is 23.2 Å². The lowest BCUT2D eigenvalue weighted by atomic mass is 9.42. The number of fused-ring (bicyclic) bond motifs is 2. The molecule has 2 bridgehead atoms. The topological polar surface area (TPSA) is 58.9 Å². The average Bonchev–Trinajstić information content (AvgIpc) is 2.59. The van der Waals surface area contributed by atoms with Crippen LogP contribution in [0.25, 0.3) is 0 Å². The number of oxime groups is 1. The number of carbonyl (C=O) groups is 1. The van der Waals surface area contributed by atoms with Crippen LogP contribution < -0.4 is 0 Å². The number of aliphatic hydroxyl groups excluding tert-OH is 1. The summed E-state index contributed by atoms with van der Waals surface area (Å²) in [6.45, 7) is 13.0. The Morgan fingerprint density at radius 1 is 1.38 bits per heavy atom. The van der Waals surface area contributed by atoms with E-state index >= 15 is 0 Å². The van der Waals surface area contributed by atoms with E-state index in [9.17, 15) is 9.90 Å². The summed E-state index contributed by atoms with van der Waals surface area (Å²) in [5, 5.41) is 14.7. The lowest BCUT2D eigenvalue weighted by molar-refractivity contribution is -0.144. The van der Waals surface area contributed by atoms with Gasteiger partial charge in [0.15, 0.2) is 5.78 Å². The number of allylic oxidation sites excluding steroid dienone is 2. The molecule has 0 aromatic carbocycles. The molecular weight excluding hydrogens is 326 g/mol. The molecule has 5 unspecified atom stereocenters. The molecule has 0 spiro atoms. The van der Waals surface area contributed by atoms with Crippen LogP contribution in [0, 0.1) is 35.0 Å². The van der Waals surface area contributed by atoms with E-state index < -0.39 is 0 Å². The zero-order valence-electron chi connectivity index (χ0n) is 16.6. The van der Waals surface area contributed by atoms with E-state index in [-0.39, 0.29) is 17.5 Å². The van der Waals surface area contributed by atoms with Crippen molar-refractivity contribution < 1.29 is 14.7 Å². The highest BCUT2D eigenvalue weighted by Crippen LogP contribution is 2.64. The van der Waals surface area contributed by atoms with E-state index in [1.807, 2.05) is 6.92 Å². The Kier molecular flexibility index (Phi) is 5.32. The molecule has 4 aliphatic rings. The average molecular weight is 360 g/mol. The summed E-state index contributed by atoms with van der Waals surface area (Å²) in [5.41, 5.74) is 1.39. The van der Waals surface area contributed by atoms with E-state index in [0.29, 0.717) is 54.4 Å². The quantitative estimate of drug-likeness (QED) is 0.312. The molecule has 4 rings (SSSR count). The van der Waals surface area contributed by atoms with E-state index in [4.69, 9.17) is 4.84 Å². The van der Waals surface area contributed by atoms with Gasteiger partial charge in [0.25, 0.3) is 0 Å². The van der Waals surface area contributed by atoms with Gasteiger partial charge in [-0.1, -0.05) is 45.5 Å². The molecule has 0 heterocycles. The maximum Gasteiger partial charge on any atom is 0.168 e. The summed E-state index contributed by atoms with van der Waals surface area (Å²) in [4.78, 5) is 18.0. The fourth-order valence-electron chi connectivity index (χ4n) is 5.82. The maximum atomic E-state index is 12.8. The fraction of sp³-hybridized carbons (Fsp3) is 0.727. The first-order valence-corrected chi connectivity index (χ1v) is 10.1. The second-order valence-corrected chi connectivity index (χ2v) is 9.01. The Balaban J connectivity index is 1.76. The second-order valence-electron chi connectivity index (χ2n) is 9.01. The number of ketones is 1. The van der Waals surface area contributed by atoms with Crippen LogP contribution >= 0.6 is 0 Å². The predicted octanol–water partition coefficient (Wildman–Crippen LogP) is 5.06. The SMILES string of the molecule is C=CCO/N=C(/CC)C1=C(O)CC(C2CC3CC(C2C)C3(C)C)CC1=O. The molecule has 0 amide bonds. The van der Waals surface area contributed by atoms with Crippen LogP contribution in [-0.2, 0) is 9.63 Å². The van der Waals surface area contributed by atoms with Crippen LogP contribution in [0.3, 0.4) is 0 Å². The predicted molar refractivity (Wildman–Crippen MR) is 104 cm³/mol. The lowest BCUT2D eigenvalue weighted by Crippen LogP contribution is -2.56. The highest BCUT2D eigenvalue weighted by molar-refractivity contribution is 6.22. The zero-order valence-corrected chi connectivity index (χ0v) is 16.6. The number of hydrogen-bond acceptors (Lipinski definition) is 4. The first-order valence-electron chi connectivity index (χ1n) is 10.1. The van der Waals surface area contributed by atoms with Crippen molar-refractivity contribution in [2.24, 2.45) is 40.2 Å². The number of hydrogen-bond donors (Lipinski definition) is 1. The normalized spacial score (nSPS) is 36.5. The highest BCUT2D eigenvalue weighted by Gasteiger charge is 2.57. The molecule has 0 saturated heterocycles. The molecule has 0 aliphatic heterocycles. The van der Waals surface area contributed by atoms with Crippen LogP contribution in [0.2, 0.25) is 0 Å². The molecule has 26 heavy (non-hydrogen) atoms. The monoisotopic (exact) mass is 359 g/mol. The number of aliphatic hydroxyl groups is 1.